The Morgan fingerprint density at radius 1 is 0.914 bits per heavy atom. The maximum Gasteiger partial charge on any atom is 0.307 e. The molecule has 0 aromatic rings. The number of carbonyl (C=O) groups is 1. The predicted octanol–water partition coefficient (Wildman–Crippen LogP) is 7.97. The molecule has 35 heavy (non-hydrogen) atoms. The van der Waals surface area contributed by atoms with E-state index in [4.69, 9.17) is 4.74 Å². The van der Waals surface area contributed by atoms with Crippen LogP contribution >= 0.6 is 0 Å². The summed E-state index contributed by atoms with van der Waals surface area (Å²) in [5, 5.41) is 0. The first-order chi connectivity index (χ1) is 16.5. The minimum absolute atomic E-state index is 0.00827. The normalized spacial score (nSPS) is 41.9. The summed E-state index contributed by atoms with van der Waals surface area (Å²) in [5.41, 5.74) is 1.05. The highest BCUT2D eigenvalue weighted by atomic mass is 16.5. The number of carbonyl (C=O) groups excluding carboxylic acids is 1. The molecule has 1 unspecified atom stereocenters. The second-order valence-electron chi connectivity index (χ2n) is 14.6. The topological polar surface area (TPSA) is 29.5 Å². The van der Waals surface area contributed by atoms with E-state index in [1.54, 1.807) is 0 Å². The average Bonchev–Trinajstić information content (AvgIpc) is 3.15. The second-order valence-corrected chi connectivity index (χ2v) is 14.6. The number of rotatable bonds is 9. The van der Waals surface area contributed by atoms with Gasteiger partial charge in [0.15, 0.2) is 0 Å². The van der Waals surface area contributed by atoms with Crippen LogP contribution in [-0.4, -0.2) is 37.6 Å². The Labute approximate surface area is 217 Å². The van der Waals surface area contributed by atoms with Crippen LogP contribution in [0.4, 0.5) is 0 Å². The lowest BCUT2D eigenvalue weighted by Gasteiger charge is -2.61. The molecule has 0 radical (unpaired) electrons. The fourth-order valence-electron chi connectivity index (χ4n) is 9.91. The van der Waals surface area contributed by atoms with Gasteiger partial charge in [-0.2, -0.15) is 0 Å². The van der Waals surface area contributed by atoms with E-state index >= 15 is 0 Å². The van der Waals surface area contributed by atoms with Gasteiger partial charge in [-0.15, -0.1) is 0 Å². The summed E-state index contributed by atoms with van der Waals surface area (Å²) in [6.45, 7) is 13.5. The number of nitrogens with zero attached hydrogens (tertiary/aromatic N) is 1. The number of hydrogen-bond donors (Lipinski definition) is 0. The zero-order valence-electron chi connectivity index (χ0n) is 24.3. The summed E-state index contributed by atoms with van der Waals surface area (Å²) in [4.78, 5) is 14.4. The van der Waals surface area contributed by atoms with Crippen molar-refractivity contribution < 1.29 is 9.53 Å². The van der Waals surface area contributed by atoms with Crippen molar-refractivity contribution in [1.82, 2.24) is 4.90 Å². The van der Waals surface area contributed by atoms with Crippen molar-refractivity contribution in [1.29, 1.82) is 0 Å². The third-order valence-electron chi connectivity index (χ3n) is 11.9. The highest BCUT2D eigenvalue weighted by Gasteiger charge is 2.60. The Morgan fingerprint density at radius 2 is 1.63 bits per heavy atom. The molecule has 3 nitrogen and oxygen atoms in total. The molecule has 4 rings (SSSR count). The van der Waals surface area contributed by atoms with Gasteiger partial charge in [-0.1, -0.05) is 53.9 Å². The lowest BCUT2D eigenvalue weighted by molar-refractivity contribution is -0.163. The number of esters is 1. The molecule has 4 saturated carbocycles. The minimum atomic E-state index is 0.00827. The van der Waals surface area contributed by atoms with Crippen LogP contribution in [0.3, 0.4) is 0 Å². The van der Waals surface area contributed by atoms with Crippen molar-refractivity contribution in [2.45, 2.75) is 124 Å². The van der Waals surface area contributed by atoms with Crippen molar-refractivity contribution in [3.63, 3.8) is 0 Å². The molecule has 0 bridgehead atoms. The number of ether oxygens (including phenoxy) is 1. The number of fused-ring (bicyclic) bond motifs is 5. The third-order valence-corrected chi connectivity index (χ3v) is 11.9. The summed E-state index contributed by atoms with van der Waals surface area (Å²) in [6.07, 6.45) is 17.1. The van der Waals surface area contributed by atoms with Crippen molar-refractivity contribution in [3.05, 3.63) is 0 Å². The summed E-state index contributed by atoms with van der Waals surface area (Å²) in [7, 11) is 4.04. The van der Waals surface area contributed by atoms with Gasteiger partial charge in [-0.3, -0.25) is 4.79 Å². The monoisotopic (exact) mass is 487 g/mol. The van der Waals surface area contributed by atoms with Gasteiger partial charge in [-0.25, -0.2) is 0 Å². The molecule has 3 heteroatoms. The van der Waals surface area contributed by atoms with Crippen molar-refractivity contribution in [3.8, 4) is 0 Å². The summed E-state index contributed by atoms with van der Waals surface area (Å²) < 4.78 is 5.98. The Balaban J connectivity index is 1.36. The lowest BCUT2D eigenvalue weighted by atomic mass is 9.44. The maximum atomic E-state index is 12.4. The van der Waals surface area contributed by atoms with E-state index in [2.05, 4.69) is 39.5 Å². The molecular weight excluding hydrogens is 430 g/mol. The molecular formula is C32H57NO2. The molecule has 9 atom stereocenters. The van der Waals surface area contributed by atoms with Gasteiger partial charge in [0.1, 0.15) is 6.10 Å². The van der Waals surface area contributed by atoms with Gasteiger partial charge >= 0.3 is 5.97 Å². The van der Waals surface area contributed by atoms with Crippen molar-refractivity contribution in [2.24, 2.45) is 52.3 Å². The molecule has 0 amide bonds. The Hall–Kier alpha value is -0.570. The Morgan fingerprint density at radius 3 is 2.34 bits per heavy atom. The van der Waals surface area contributed by atoms with Crippen LogP contribution in [0.15, 0.2) is 0 Å². The van der Waals surface area contributed by atoms with Crippen molar-refractivity contribution in [2.75, 3.05) is 20.6 Å². The quantitative estimate of drug-likeness (QED) is 0.309. The predicted molar refractivity (Wildman–Crippen MR) is 146 cm³/mol. The molecule has 4 aliphatic rings. The first kappa shape index (κ1) is 27.5. The second kappa shape index (κ2) is 11.0. The molecule has 202 valence electrons. The summed E-state index contributed by atoms with van der Waals surface area (Å²) in [6, 6.07) is 0. The fourth-order valence-corrected chi connectivity index (χ4v) is 9.91. The Kier molecular flexibility index (Phi) is 8.66. The lowest BCUT2D eigenvalue weighted by Crippen LogP contribution is -2.54. The van der Waals surface area contributed by atoms with E-state index in [0.29, 0.717) is 17.3 Å². The van der Waals surface area contributed by atoms with E-state index in [0.717, 1.165) is 60.8 Å². The van der Waals surface area contributed by atoms with Gasteiger partial charge in [0, 0.05) is 6.54 Å². The first-order valence-corrected chi connectivity index (χ1v) is 15.4. The van der Waals surface area contributed by atoms with E-state index in [-0.39, 0.29) is 12.1 Å². The average molecular weight is 488 g/mol. The molecule has 4 fully saturated rings. The SMILES string of the molecule is CC(C)CCC[C@@H](C)[C@H]1CC[C@H]2[C@@H]3CCC4C[C@@H](OC(=O)CCN(C)C)CC[C@]4(C)[C@H]3CC[C@]12C. The standard InChI is InChI=1S/C32H57NO2/c1-22(2)9-8-10-23(3)27-13-14-28-26-12-11-24-21-25(35-30(34)17-20-33(6)7)15-18-31(24,4)29(26)16-19-32(27,28)5/h22-29H,8-21H2,1-7H3/t23-,24?,25+,26+,27-,28+,29+,31+,32-/m1/s1. The molecule has 0 aromatic carbocycles. The van der Waals surface area contributed by atoms with Gasteiger partial charge in [0.05, 0.1) is 6.42 Å². The van der Waals surface area contributed by atoms with Crippen LogP contribution in [0.2, 0.25) is 0 Å². The third kappa shape index (κ3) is 5.65. The van der Waals surface area contributed by atoms with Crippen LogP contribution in [0, 0.1) is 52.3 Å². The van der Waals surface area contributed by atoms with Crippen molar-refractivity contribution >= 4 is 5.97 Å². The fraction of sp³-hybridized carbons (Fsp3) is 0.969. The molecule has 0 aromatic heterocycles. The highest BCUT2D eigenvalue weighted by Crippen LogP contribution is 2.68. The minimum Gasteiger partial charge on any atom is -0.462 e. The van der Waals surface area contributed by atoms with Gasteiger partial charge in [0.2, 0.25) is 0 Å². The Bertz CT molecular complexity index is 718. The molecule has 0 aliphatic heterocycles. The highest BCUT2D eigenvalue weighted by molar-refractivity contribution is 5.69. The number of hydrogen-bond acceptors (Lipinski definition) is 3. The van der Waals surface area contributed by atoms with E-state index in [1.165, 1.54) is 64.2 Å². The van der Waals surface area contributed by atoms with Crippen LogP contribution < -0.4 is 0 Å². The van der Waals surface area contributed by atoms with Crippen LogP contribution in [-0.2, 0) is 9.53 Å². The van der Waals surface area contributed by atoms with Gasteiger partial charge in [-0.05, 0) is 124 Å². The molecule has 4 aliphatic carbocycles. The zero-order chi connectivity index (χ0) is 25.4. The molecule has 0 spiro atoms. The molecule has 0 saturated heterocycles. The van der Waals surface area contributed by atoms with Crippen LogP contribution in [0.5, 0.6) is 0 Å². The molecule has 0 N–H and O–H groups in total. The van der Waals surface area contributed by atoms with E-state index in [1.807, 2.05) is 14.1 Å². The van der Waals surface area contributed by atoms with Crippen LogP contribution in [0.1, 0.15) is 118 Å². The zero-order valence-corrected chi connectivity index (χ0v) is 24.3. The van der Waals surface area contributed by atoms with E-state index in [9.17, 15) is 4.79 Å². The summed E-state index contributed by atoms with van der Waals surface area (Å²) in [5.74, 6) is 6.25. The van der Waals surface area contributed by atoms with Crippen LogP contribution in [0.25, 0.3) is 0 Å². The van der Waals surface area contributed by atoms with Gasteiger partial charge in [0.25, 0.3) is 0 Å². The largest absolute Gasteiger partial charge is 0.462 e. The first-order valence-electron chi connectivity index (χ1n) is 15.4. The molecule has 0 heterocycles. The van der Waals surface area contributed by atoms with E-state index < -0.39 is 0 Å². The van der Waals surface area contributed by atoms with Gasteiger partial charge < -0.3 is 9.64 Å². The maximum absolute atomic E-state index is 12.4. The smallest absolute Gasteiger partial charge is 0.307 e. The summed E-state index contributed by atoms with van der Waals surface area (Å²) >= 11 is 0.